The molecule has 0 radical (unpaired) electrons. The first kappa shape index (κ1) is 7.85. The van der Waals surface area contributed by atoms with Crippen LogP contribution < -0.4 is 5.56 Å². The van der Waals surface area contributed by atoms with Crippen LogP contribution in [0.25, 0.3) is 11.0 Å². The van der Waals surface area contributed by atoms with Crippen molar-refractivity contribution in [2.75, 3.05) is 0 Å². The van der Waals surface area contributed by atoms with Crippen molar-refractivity contribution in [2.24, 2.45) is 7.05 Å². The molecule has 0 unspecified atom stereocenters. The summed E-state index contributed by atoms with van der Waals surface area (Å²) in [6.07, 6.45) is 2.87. The Hall–Kier alpha value is -1.78. The normalized spacial score (nSPS) is 10.6. The molecule has 0 saturated carbocycles. The lowest BCUT2D eigenvalue weighted by Crippen LogP contribution is -2.21. The summed E-state index contributed by atoms with van der Waals surface area (Å²) in [5.74, 6) is 0.649. The number of hydrogen-bond acceptors (Lipinski definition) is 4. The lowest BCUT2D eigenvalue weighted by atomic mass is 10.4. The Morgan fingerprint density at radius 3 is 3.00 bits per heavy atom. The van der Waals surface area contributed by atoms with Crippen LogP contribution in [0.15, 0.2) is 17.3 Å². The van der Waals surface area contributed by atoms with Gasteiger partial charge in [0.2, 0.25) is 0 Å². The highest BCUT2D eigenvalue weighted by atomic mass is 16.1. The highest BCUT2D eigenvalue weighted by molar-refractivity contribution is 5.71. The van der Waals surface area contributed by atoms with E-state index >= 15 is 0 Å². The summed E-state index contributed by atoms with van der Waals surface area (Å²) in [6.45, 7) is 1.77. The molecule has 5 heteroatoms. The molecule has 2 rings (SSSR count). The SMILES string of the molecule is Cc1nc2ncncc2c(=O)n1C. The fraction of sp³-hybridized carbons (Fsp3) is 0.250. The lowest BCUT2D eigenvalue weighted by molar-refractivity contribution is 0.788. The molecule has 2 aromatic heterocycles. The molecule has 0 spiro atoms. The van der Waals surface area contributed by atoms with Crippen LogP contribution in [0.3, 0.4) is 0 Å². The van der Waals surface area contributed by atoms with Crippen LogP contribution in [-0.2, 0) is 7.05 Å². The van der Waals surface area contributed by atoms with Crippen LogP contribution in [0.4, 0.5) is 0 Å². The Labute approximate surface area is 74.1 Å². The molecule has 2 heterocycles. The number of rotatable bonds is 0. The predicted octanol–water partition coefficient (Wildman–Crippen LogP) is 0.0319. The molecule has 5 nitrogen and oxygen atoms in total. The summed E-state index contributed by atoms with van der Waals surface area (Å²) >= 11 is 0. The zero-order chi connectivity index (χ0) is 9.42. The molecular weight excluding hydrogens is 168 g/mol. The topological polar surface area (TPSA) is 60.7 Å². The minimum absolute atomic E-state index is 0.108. The minimum atomic E-state index is -0.108. The summed E-state index contributed by atoms with van der Waals surface area (Å²) < 4.78 is 1.48. The molecule has 0 aliphatic rings. The van der Waals surface area contributed by atoms with Crippen LogP contribution in [0, 0.1) is 6.92 Å². The fourth-order valence-corrected chi connectivity index (χ4v) is 1.12. The van der Waals surface area contributed by atoms with E-state index in [1.807, 2.05) is 0 Å². The summed E-state index contributed by atoms with van der Waals surface area (Å²) in [5, 5.41) is 0.454. The van der Waals surface area contributed by atoms with Gasteiger partial charge in [-0.3, -0.25) is 9.36 Å². The van der Waals surface area contributed by atoms with E-state index in [1.165, 1.54) is 17.1 Å². The smallest absolute Gasteiger partial charge is 0.264 e. The Bertz CT molecular complexity index is 517. The van der Waals surface area contributed by atoms with Gasteiger partial charge in [-0.1, -0.05) is 0 Å². The van der Waals surface area contributed by atoms with Gasteiger partial charge in [0.05, 0.1) is 0 Å². The maximum absolute atomic E-state index is 11.6. The van der Waals surface area contributed by atoms with E-state index in [0.717, 1.165) is 0 Å². The molecule has 0 N–H and O–H groups in total. The fourth-order valence-electron chi connectivity index (χ4n) is 1.12. The van der Waals surface area contributed by atoms with Gasteiger partial charge >= 0.3 is 0 Å². The number of aromatic nitrogens is 4. The third kappa shape index (κ3) is 1.09. The second-order valence-electron chi connectivity index (χ2n) is 2.78. The van der Waals surface area contributed by atoms with Crippen molar-refractivity contribution >= 4 is 11.0 Å². The molecule has 13 heavy (non-hydrogen) atoms. The van der Waals surface area contributed by atoms with Gasteiger partial charge in [0.25, 0.3) is 5.56 Å². The van der Waals surface area contributed by atoms with E-state index < -0.39 is 0 Å². The second kappa shape index (κ2) is 2.62. The highest BCUT2D eigenvalue weighted by Crippen LogP contribution is 2.00. The van der Waals surface area contributed by atoms with E-state index in [2.05, 4.69) is 15.0 Å². The molecule has 66 valence electrons. The summed E-state index contributed by atoms with van der Waals surface area (Å²) in [5.41, 5.74) is 0.346. The van der Waals surface area contributed by atoms with Gasteiger partial charge in [-0.2, -0.15) is 0 Å². The Balaban J connectivity index is 3.03. The molecule has 0 saturated heterocycles. The predicted molar refractivity (Wildman–Crippen MR) is 47.3 cm³/mol. The van der Waals surface area contributed by atoms with Gasteiger partial charge in [0, 0.05) is 13.2 Å². The maximum atomic E-state index is 11.6. The van der Waals surface area contributed by atoms with Crippen LogP contribution in [0.5, 0.6) is 0 Å². The molecule has 0 atom stereocenters. The van der Waals surface area contributed by atoms with Gasteiger partial charge in [0.15, 0.2) is 5.65 Å². The summed E-state index contributed by atoms with van der Waals surface area (Å²) in [6, 6.07) is 0. The van der Waals surface area contributed by atoms with Crippen molar-refractivity contribution < 1.29 is 0 Å². The first-order chi connectivity index (χ1) is 6.20. The molecule has 0 amide bonds. The van der Waals surface area contributed by atoms with Gasteiger partial charge < -0.3 is 0 Å². The Morgan fingerprint density at radius 2 is 2.23 bits per heavy atom. The van der Waals surface area contributed by atoms with Crippen molar-refractivity contribution in [3.05, 3.63) is 28.7 Å². The molecular formula is C8H8N4O. The van der Waals surface area contributed by atoms with Crippen molar-refractivity contribution in [3.8, 4) is 0 Å². The average molecular weight is 176 g/mol. The third-order valence-corrected chi connectivity index (χ3v) is 1.98. The molecule has 0 bridgehead atoms. The largest absolute Gasteiger partial charge is 0.299 e. The van der Waals surface area contributed by atoms with Crippen LogP contribution in [0.1, 0.15) is 5.82 Å². The number of hydrogen-bond donors (Lipinski definition) is 0. The number of nitrogens with zero attached hydrogens (tertiary/aromatic N) is 4. The van der Waals surface area contributed by atoms with Crippen LogP contribution in [0.2, 0.25) is 0 Å². The van der Waals surface area contributed by atoms with Crippen molar-refractivity contribution in [1.29, 1.82) is 0 Å². The monoisotopic (exact) mass is 176 g/mol. The van der Waals surface area contributed by atoms with E-state index in [4.69, 9.17) is 0 Å². The molecule has 0 aliphatic carbocycles. The van der Waals surface area contributed by atoms with E-state index in [9.17, 15) is 4.79 Å². The zero-order valence-corrected chi connectivity index (χ0v) is 7.35. The van der Waals surface area contributed by atoms with E-state index in [0.29, 0.717) is 16.9 Å². The first-order valence-electron chi connectivity index (χ1n) is 3.83. The molecule has 0 fully saturated rings. The molecule has 2 aromatic rings. The van der Waals surface area contributed by atoms with Crippen molar-refractivity contribution in [3.63, 3.8) is 0 Å². The summed E-state index contributed by atoms with van der Waals surface area (Å²) in [4.78, 5) is 23.4. The Morgan fingerprint density at radius 1 is 1.46 bits per heavy atom. The minimum Gasteiger partial charge on any atom is -0.299 e. The number of fused-ring (bicyclic) bond motifs is 1. The maximum Gasteiger partial charge on any atom is 0.264 e. The number of aryl methyl sites for hydroxylation is 1. The second-order valence-corrected chi connectivity index (χ2v) is 2.78. The lowest BCUT2D eigenvalue weighted by Gasteiger charge is -2.02. The van der Waals surface area contributed by atoms with Gasteiger partial charge in [-0.25, -0.2) is 15.0 Å². The first-order valence-corrected chi connectivity index (χ1v) is 3.83. The van der Waals surface area contributed by atoms with E-state index in [1.54, 1.807) is 14.0 Å². The molecule has 0 aromatic carbocycles. The van der Waals surface area contributed by atoms with Gasteiger partial charge in [0.1, 0.15) is 17.5 Å². The van der Waals surface area contributed by atoms with Crippen molar-refractivity contribution in [2.45, 2.75) is 6.92 Å². The van der Waals surface area contributed by atoms with Crippen molar-refractivity contribution in [1.82, 2.24) is 19.5 Å². The van der Waals surface area contributed by atoms with Gasteiger partial charge in [-0.05, 0) is 6.92 Å². The highest BCUT2D eigenvalue weighted by Gasteiger charge is 2.04. The van der Waals surface area contributed by atoms with Gasteiger partial charge in [-0.15, -0.1) is 0 Å². The van der Waals surface area contributed by atoms with Crippen LogP contribution >= 0.6 is 0 Å². The van der Waals surface area contributed by atoms with Crippen LogP contribution in [-0.4, -0.2) is 19.5 Å². The Kier molecular flexibility index (Phi) is 1.58. The average Bonchev–Trinajstić information content (AvgIpc) is 2.15. The van der Waals surface area contributed by atoms with E-state index in [-0.39, 0.29) is 5.56 Å². The standard InChI is InChI=1S/C8H8N4O/c1-5-11-7-6(3-9-4-10-7)8(13)12(5)2/h3-4H,1-2H3. The third-order valence-electron chi connectivity index (χ3n) is 1.98. The quantitative estimate of drug-likeness (QED) is 0.568. The zero-order valence-electron chi connectivity index (χ0n) is 7.35. The summed E-state index contributed by atoms with van der Waals surface area (Å²) in [7, 11) is 1.68. The molecule has 0 aliphatic heterocycles.